The van der Waals surface area contributed by atoms with Crippen molar-refractivity contribution < 1.29 is 14.3 Å². The van der Waals surface area contributed by atoms with Crippen LogP contribution in [0.4, 0.5) is 4.39 Å². The zero-order valence-corrected chi connectivity index (χ0v) is 11.8. The van der Waals surface area contributed by atoms with Gasteiger partial charge in [0.25, 0.3) is 0 Å². The summed E-state index contributed by atoms with van der Waals surface area (Å²) in [7, 11) is 0. The third kappa shape index (κ3) is 2.08. The van der Waals surface area contributed by atoms with E-state index in [1.54, 1.807) is 37.3 Å². The summed E-state index contributed by atoms with van der Waals surface area (Å²) in [6.45, 7) is 1.74. The Morgan fingerprint density at radius 3 is 2.50 bits per heavy atom. The van der Waals surface area contributed by atoms with Gasteiger partial charge >= 0.3 is 0 Å². The molecule has 1 atom stereocenters. The zero-order valence-electron chi connectivity index (χ0n) is 11.8. The number of ketones is 1. The van der Waals surface area contributed by atoms with Crippen LogP contribution in [0.2, 0.25) is 0 Å². The average Bonchev–Trinajstić information content (AvgIpc) is 2.77. The van der Waals surface area contributed by atoms with Crippen LogP contribution in [-0.4, -0.2) is 10.9 Å². The highest BCUT2D eigenvalue weighted by molar-refractivity contribution is 6.18. The van der Waals surface area contributed by atoms with Gasteiger partial charge in [-0.3, -0.25) is 4.79 Å². The molecule has 3 nitrogen and oxygen atoms in total. The summed E-state index contributed by atoms with van der Waals surface area (Å²) in [5.74, 6) is -1.47. The zero-order chi connectivity index (χ0) is 15.9. The van der Waals surface area contributed by atoms with Crippen molar-refractivity contribution in [2.45, 2.75) is 12.8 Å². The topological polar surface area (TPSA) is 61.1 Å². The number of aromatic hydroxyl groups is 1. The number of nitriles is 1. The third-order valence-electron chi connectivity index (χ3n) is 3.92. The lowest BCUT2D eigenvalue weighted by molar-refractivity contribution is 0.103. The van der Waals surface area contributed by atoms with Gasteiger partial charge in [-0.15, -0.1) is 0 Å². The van der Waals surface area contributed by atoms with E-state index in [1.165, 1.54) is 12.1 Å². The molecule has 108 valence electrons. The summed E-state index contributed by atoms with van der Waals surface area (Å²) in [6.07, 6.45) is 1.67. The van der Waals surface area contributed by atoms with Crippen molar-refractivity contribution in [1.82, 2.24) is 0 Å². The Morgan fingerprint density at radius 1 is 1.23 bits per heavy atom. The summed E-state index contributed by atoms with van der Waals surface area (Å²) >= 11 is 0. The van der Waals surface area contributed by atoms with Crippen molar-refractivity contribution in [3.05, 3.63) is 70.0 Å². The van der Waals surface area contributed by atoms with Crippen LogP contribution in [0, 0.1) is 17.1 Å². The lowest BCUT2D eigenvalue weighted by Crippen LogP contribution is -1.97. The van der Waals surface area contributed by atoms with E-state index in [9.17, 15) is 14.3 Å². The molecule has 0 heterocycles. The highest BCUT2D eigenvalue weighted by Crippen LogP contribution is 2.43. The lowest BCUT2D eigenvalue weighted by Gasteiger charge is -2.07. The second-order valence-electron chi connectivity index (χ2n) is 5.24. The normalized spacial score (nSPS) is 18.3. The Labute approximate surface area is 126 Å². The molecule has 0 unspecified atom stereocenters. The molecule has 0 aromatic heterocycles. The molecule has 2 aromatic carbocycles. The number of hydrogen-bond donors (Lipinski definition) is 1. The van der Waals surface area contributed by atoms with Crippen LogP contribution in [0.15, 0.2) is 42.0 Å². The number of allylic oxidation sites excluding steroid dienone is 1. The molecule has 0 aliphatic heterocycles. The Morgan fingerprint density at radius 2 is 1.91 bits per heavy atom. The number of phenols is 1. The van der Waals surface area contributed by atoms with E-state index in [0.717, 1.165) is 5.56 Å². The molecule has 4 heteroatoms. The molecule has 1 aliphatic rings. The maximum absolute atomic E-state index is 14.0. The number of nitrogens with zero attached hydrogens (tertiary/aromatic N) is 1. The number of halogens is 1. The number of rotatable bonds is 1. The van der Waals surface area contributed by atoms with Gasteiger partial charge in [0.1, 0.15) is 11.6 Å². The molecule has 0 saturated heterocycles. The van der Waals surface area contributed by atoms with Crippen LogP contribution < -0.4 is 0 Å². The first-order valence-corrected chi connectivity index (χ1v) is 6.80. The quantitative estimate of drug-likeness (QED) is 0.814. The number of carbonyl (C=O) groups is 1. The number of carbonyl (C=O) groups excluding carboxylic acids is 1. The number of phenolic OH excluding ortho intramolecular Hbond substituents is 1. The standard InChI is InChI=1S/C18H12FNO2/c1-10-13(8-11-2-4-12(9-20)5-3-11)18(22)17-15(21)7-6-14(19)16(10)17/h2-8,10,21H,1H3/b13-8+/t10-/m0/s1. The molecule has 2 aromatic rings. The molecular weight excluding hydrogens is 281 g/mol. The molecule has 1 N–H and O–H groups in total. The van der Waals surface area contributed by atoms with Crippen molar-refractivity contribution in [1.29, 1.82) is 5.26 Å². The van der Waals surface area contributed by atoms with Crippen LogP contribution in [0.3, 0.4) is 0 Å². The van der Waals surface area contributed by atoms with Crippen molar-refractivity contribution in [2.24, 2.45) is 0 Å². The van der Waals surface area contributed by atoms with E-state index < -0.39 is 11.7 Å². The minimum Gasteiger partial charge on any atom is -0.507 e. The van der Waals surface area contributed by atoms with Gasteiger partial charge in [0.05, 0.1) is 17.2 Å². The molecule has 0 radical (unpaired) electrons. The molecule has 1 aliphatic carbocycles. The fourth-order valence-corrected chi connectivity index (χ4v) is 2.77. The number of benzene rings is 2. The first kappa shape index (κ1) is 14.0. The fraction of sp³-hybridized carbons (Fsp3) is 0.111. The molecular formula is C18H12FNO2. The number of hydrogen-bond acceptors (Lipinski definition) is 3. The Hall–Kier alpha value is -2.93. The van der Waals surface area contributed by atoms with E-state index in [0.29, 0.717) is 11.1 Å². The van der Waals surface area contributed by atoms with Crippen LogP contribution in [0.5, 0.6) is 5.75 Å². The highest BCUT2D eigenvalue weighted by Gasteiger charge is 2.36. The summed E-state index contributed by atoms with van der Waals surface area (Å²) in [4.78, 5) is 12.5. The van der Waals surface area contributed by atoms with Gasteiger partial charge in [0, 0.05) is 17.1 Å². The SMILES string of the molecule is C[C@H]1/C(=C\c2ccc(C#N)cc2)C(=O)c2c(O)ccc(F)c21. The van der Waals surface area contributed by atoms with Gasteiger partial charge in [-0.05, 0) is 35.9 Å². The lowest BCUT2D eigenvalue weighted by atomic mass is 9.97. The average molecular weight is 293 g/mol. The summed E-state index contributed by atoms with van der Waals surface area (Å²) < 4.78 is 14.0. The second kappa shape index (κ2) is 5.12. The number of Topliss-reactive ketones (excluding diaryl/α,β-unsaturated/α-hetero) is 1. The van der Waals surface area contributed by atoms with Gasteiger partial charge in [0.15, 0.2) is 5.78 Å². The summed E-state index contributed by atoms with van der Waals surface area (Å²) in [5.41, 5.74) is 2.00. The minimum absolute atomic E-state index is 0.0485. The summed E-state index contributed by atoms with van der Waals surface area (Å²) in [6, 6.07) is 11.2. The van der Waals surface area contributed by atoms with Crippen molar-refractivity contribution in [2.75, 3.05) is 0 Å². The maximum atomic E-state index is 14.0. The Balaban J connectivity index is 2.09. The van der Waals surface area contributed by atoms with Gasteiger partial charge < -0.3 is 5.11 Å². The monoisotopic (exact) mass is 293 g/mol. The third-order valence-corrected chi connectivity index (χ3v) is 3.92. The largest absolute Gasteiger partial charge is 0.507 e. The predicted octanol–water partition coefficient (Wildman–Crippen LogP) is 3.79. The molecule has 0 spiro atoms. The number of fused-ring (bicyclic) bond motifs is 1. The van der Waals surface area contributed by atoms with Crippen molar-refractivity contribution in [3.8, 4) is 11.8 Å². The minimum atomic E-state index is -0.489. The maximum Gasteiger partial charge on any atom is 0.193 e. The molecule has 3 rings (SSSR count). The molecule has 0 bridgehead atoms. The predicted molar refractivity (Wildman–Crippen MR) is 79.9 cm³/mol. The van der Waals surface area contributed by atoms with E-state index in [2.05, 4.69) is 0 Å². The van der Waals surface area contributed by atoms with E-state index >= 15 is 0 Å². The van der Waals surface area contributed by atoms with Crippen molar-refractivity contribution >= 4 is 11.9 Å². The summed E-state index contributed by atoms with van der Waals surface area (Å²) in [5, 5.41) is 18.6. The van der Waals surface area contributed by atoms with Crippen LogP contribution in [-0.2, 0) is 0 Å². The van der Waals surface area contributed by atoms with Crippen LogP contribution in [0.1, 0.15) is 39.9 Å². The Kier molecular flexibility index (Phi) is 3.26. The molecule has 22 heavy (non-hydrogen) atoms. The molecule has 0 saturated carbocycles. The first-order chi connectivity index (χ1) is 10.5. The first-order valence-electron chi connectivity index (χ1n) is 6.80. The van der Waals surface area contributed by atoms with E-state index in [-0.39, 0.29) is 22.7 Å². The van der Waals surface area contributed by atoms with Crippen LogP contribution >= 0.6 is 0 Å². The smallest absolute Gasteiger partial charge is 0.193 e. The fourth-order valence-electron chi connectivity index (χ4n) is 2.77. The van der Waals surface area contributed by atoms with Gasteiger partial charge in [-0.25, -0.2) is 4.39 Å². The molecule has 0 amide bonds. The van der Waals surface area contributed by atoms with Crippen molar-refractivity contribution in [3.63, 3.8) is 0 Å². The second-order valence-corrected chi connectivity index (χ2v) is 5.24. The van der Waals surface area contributed by atoms with E-state index in [4.69, 9.17) is 5.26 Å². The van der Waals surface area contributed by atoms with Gasteiger partial charge in [0.2, 0.25) is 0 Å². The molecule has 0 fully saturated rings. The highest BCUT2D eigenvalue weighted by atomic mass is 19.1. The van der Waals surface area contributed by atoms with Crippen LogP contribution in [0.25, 0.3) is 6.08 Å². The van der Waals surface area contributed by atoms with Gasteiger partial charge in [-0.1, -0.05) is 19.1 Å². The van der Waals surface area contributed by atoms with Gasteiger partial charge in [-0.2, -0.15) is 5.26 Å². The Bertz CT molecular complexity index is 845. The van der Waals surface area contributed by atoms with E-state index in [1.807, 2.05) is 6.07 Å².